The van der Waals surface area contributed by atoms with E-state index < -0.39 is 95.7 Å². The predicted octanol–water partition coefficient (Wildman–Crippen LogP) is 2.23. The summed E-state index contributed by atoms with van der Waals surface area (Å²) in [6.07, 6.45) is 13.8. The Hall–Kier alpha value is -3.09. The third kappa shape index (κ3) is 9.29. The number of aliphatic hydroxyl groups is 3. The Bertz CT molecular complexity index is 2730. The first-order valence-corrected chi connectivity index (χ1v) is 30.4. The Morgan fingerprint density at radius 1 is 0.662 bits per heavy atom. The molecule has 20 nitrogen and oxygen atoms in total. The van der Waals surface area contributed by atoms with Gasteiger partial charge in [0.25, 0.3) is 0 Å². The van der Waals surface area contributed by atoms with Gasteiger partial charge in [-0.1, -0.05) is 57.1 Å². The van der Waals surface area contributed by atoms with Crippen molar-refractivity contribution in [2.45, 2.75) is 214 Å². The van der Waals surface area contributed by atoms with Crippen molar-refractivity contribution in [1.29, 1.82) is 0 Å². The molecular formula is C59H83N9O11Zn. The van der Waals surface area contributed by atoms with E-state index >= 15 is 0 Å². The molecule has 432 valence electrons. The maximum absolute atomic E-state index is 14.4. The number of rotatable bonds is 7. The molecule has 6 heterocycles. The summed E-state index contributed by atoms with van der Waals surface area (Å²) in [6.45, 7) is 0.749. The zero-order valence-corrected chi connectivity index (χ0v) is 49.2. The maximum atomic E-state index is 14.4. The summed E-state index contributed by atoms with van der Waals surface area (Å²) < 4.78 is 18.6. The largest absolute Gasteiger partial charge is 0.507 e. The molecule has 23 atom stereocenters. The van der Waals surface area contributed by atoms with Crippen LogP contribution in [-0.2, 0) is 40.2 Å². The van der Waals surface area contributed by atoms with Gasteiger partial charge in [-0.25, -0.2) is 0 Å². The van der Waals surface area contributed by atoms with Gasteiger partial charge in [-0.05, 0) is 106 Å². The molecule has 2 aromatic rings. The van der Waals surface area contributed by atoms with E-state index in [1.807, 2.05) is 0 Å². The van der Waals surface area contributed by atoms with Crippen LogP contribution in [0.3, 0.4) is 0 Å². The average molecular weight is 1160 g/mol. The first-order chi connectivity index (χ1) is 38.3. The van der Waals surface area contributed by atoms with Crippen molar-refractivity contribution in [2.24, 2.45) is 47.3 Å². The quantitative estimate of drug-likeness (QED) is 0.119. The van der Waals surface area contributed by atoms with Crippen molar-refractivity contribution in [3.63, 3.8) is 0 Å². The standard InChI is InChI=1S/C59H83N9O11.Zn/c1-25-46(71)36(21-40(78-25)79-38-23-59(76,39(70)24-69)22-34-43(38)50(75)45-44(48(34)73)47(72)32-17-10-20-37(77-2)42(32)49(45)74)60-35-19-9-18-33-41(35)58-67-56-31-16-8-7-15-30(31)54(65-56)63-52-27-12-4-3-11-26(27)51(61-52)62-53-28-13-5-6-14-29(28)55(64-53)66-57(33)68-58;/h10,17,20,25-31,33,35-36,38,40-41,46,51-58,60-69,71,73,75-76H,3-9,11-16,18-19,21-24H2,1-2H3;/t25?,26?,27?,28?,29?,30?,31?,33?,35?,36?,38-,40?,41?,46?,51?,52?,53?,54?,55?,56?,57?,58?,59-;/m0./s1. The molecule has 21 unspecified atom stereocenters. The molecule has 6 saturated heterocycles. The van der Waals surface area contributed by atoms with E-state index in [0.29, 0.717) is 35.5 Å². The number of Topliss-reactive ketones (excluding diaryl/α,β-unsaturated/α-hetero) is 1. The summed E-state index contributed by atoms with van der Waals surface area (Å²) in [6, 6.07) is 3.93. The zero-order chi connectivity index (χ0) is 54.2. The van der Waals surface area contributed by atoms with Gasteiger partial charge in [-0.15, -0.1) is 0 Å². The van der Waals surface area contributed by atoms with E-state index in [4.69, 9.17) is 14.2 Å². The fourth-order valence-electron chi connectivity index (χ4n) is 18.4. The van der Waals surface area contributed by atoms with Gasteiger partial charge in [0.15, 0.2) is 17.9 Å². The van der Waals surface area contributed by atoms with Gasteiger partial charge < -0.3 is 45.1 Å². The Morgan fingerprint density at radius 3 is 1.66 bits per heavy atom. The van der Waals surface area contributed by atoms with Crippen LogP contribution in [-0.4, -0.2) is 142 Å². The number of phenols is 2. The van der Waals surface area contributed by atoms with Crippen LogP contribution < -0.4 is 52.6 Å². The normalized spacial score (nSPS) is 44.5. The van der Waals surface area contributed by atoms with Crippen LogP contribution in [0.25, 0.3) is 0 Å². The summed E-state index contributed by atoms with van der Waals surface area (Å²) >= 11 is 0. The van der Waals surface area contributed by atoms with Crippen molar-refractivity contribution in [2.75, 3.05) is 13.7 Å². The molecule has 0 spiro atoms. The summed E-state index contributed by atoms with van der Waals surface area (Å²) in [4.78, 5) is 41.9. The minimum Gasteiger partial charge on any atom is -0.507 e. The Kier molecular flexibility index (Phi) is 15.5. The molecule has 14 N–H and O–H groups in total. The summed E-state index contributed by atoms with van der Waals surface area (Å²) in [5.74, 6) is -0.0358. The molecule has 0 aromatic heterocycles. The molecule has 6 aliphatic carbocycles. The van der Waals surface area contributed by atoms with Crippen LogP contribution in [0.1, 0.15) is 165 Å². The number of aromatic hydroxyl groups is 2. The van der Waals surface area contributed by atoms with Crippen LogP contribution in [0.2, 0.25) is 0 Å². The van der Waals surface area contributed by atoms with Crippen molar-refractivity contribution in [1.82, 2.24) is 47.9 Å². The molecule has 0 amide bonds. The second kappa shape index (κ2) is 22.1. The minimum absolute atomic E-state index is 0. The van der Waals surface area contributed by atoms with Crippen LogP contribution >= 0.6 is 0 Å². The number of carbonyl (C=O) groups is 3. The molecule has 21 heteroatoms. The molecule has 14 rings (SSSR count). The Morgan fingerprint density at radius 2 is 1.15 bits per heavy atom. The van der Waals surface area contributed by atoms with E-state index in [2.05, 4.69) is 47.9 Å². The molecular weight excluding hydrogens is 1080 g/mol. The van der Waals surface area contributed by atoms with Crippen LogP contribution in [0, 0.1) is 47.3 Å². The van der Waals surface area contributed by atoms with Crippen molar-refractivity contribution < 1.29 is 73.6 Å². The van der Waals surface area contributed by atoms with E-state index in [-0.39, 0.29) is 121 Å². The first-order valence-electron chi connectivity index (χ1n) is 30.4. The van der Waals surface area contributed by atoms with Crippen LogP contribution in [0.15, 0.2) is 18.2 Å². The molecule has 80 heavy (non-hydrogen) atoms. The molecule has 2 aromatic carbocycles. The number of methoxy groups -OCH3 is 1. The number of carbonyl (C=O) groups excluding carboxylic acids is 3. The number of fused-ring (bicyclic) bond motifs is 23. The third-order valence-electron chi connectivity index (χ3n) is 22.1. The molecule has 0 radical (unpaired) electrons. The second-order valence-corrected chi connectivity index (χ2v) is 26.0. The second-order valence-electron chi connectivity index (χ2n) is 26.0. The summed E-state index contributed by atoms with van der Waals surface area (Å²) in [5.41, 5.74) is -3.52. The third-order valence-corrected chi connectivity index (χ3v) is 22.1. The minimum atomic E-state index is -2.29. The summed E-state index contributed by atoms with van der Waals surface area (Å²) in [5, 5.41) is 96.3. The fraction of sp³-hybridized carbons (Fsp3) is 0.746. The number of hydrogen-bond acceptors (Lipinski definition) is 20. The smallest absolute Gasteiger partial charge is 0.202 e. The number of nitrogens with one attached hydrogen (secondary N) is 9. The number of phenolic OH excluding ortho intramolecular Hbond substituents is 2. The topological polar surface area (TPSA) is 288 Å². The van der Waals surface area contributed by atoms with Crippen molar-refractivity contribution in [3.8, 4) is 17.2 Å². The van der Waals surface area contributed by atoms with Gasteiger partial charge in [0.05, 0.1) is 91.4 Å². The first kappa shape index (κ1) is 56.1. The van der Waals surface area contributed by atoms with Gasteiger partial charge in [-0.2, -0.15) is 0 Å². The molecule has 4 saturated carbocycles. The van der Waals surface area contributed by atoms with Gasteiger partial charge in [0, 0.05) is 73.4 Å². The van der Waals surface area contributed by atoms with E-state index in [1.165, 1.54) is 96.3 Å². The van der Waals surface area contributed by atoms with Crippen molar-refractivity contribution in [3.05, 3.63) is 51.6 Å². The number of ether oxygens (including phenoxy) is 3. The van der Waals surface area contributed by atoms with Crippen molar-refractivity contribution >= 4 is 17.3 Å². The molecule has 10 fully saturated rings. The van der Waals surface area contributed by atoms with Gasteiger partial charge >= 0.3 is 0 Å². The van der Waals surface area contributed by atoms with Gasteiger partial charge in [-0.3, -0.25) is 56.9 Å². The zero-order valence-electron chi connectivity index (χ0n) is 46.3. The van der Waals surface area contributed by atoms with E-state index in [1.54, 1.807) is 13.0 Å². The fourth-order valence-corrected chi connectivity index (χ4v) is 18.4. The summed E-state index contributed by atoms with van der Waals surface area (Å²) in [7, 11) is 1.37. The van der Waals surface area contributed by atoms with Gasteiger partial charge in [0.2, 0.25) is 5.78 Å². The number of aliphatic hydroxyl groups excluding tert-OH is 2. The molecule has 12 aliphatic rings. The average Bonchev–Trinajstić information content (AvgIpc) is 4.32. The SMILES string of the molecule is COc1cccc2c1C(=O)c1c(O)c3c(c(O)c1C2=O)C[C@@](O)(C(=O)CO)C[C@@H]3OC1CC(NC2CCCC3C4NC5NC(NC6NC(NC7NC(NC(N4)C23)C2CCCCC72)C2CCCCC62)C2CCCCC52)C(O)C(C)O1.[Zn]. The number of hydrogen-bond donors (Lipinski definition) is 14. The monoisotopic (exact) mass is 1160 g/mol. The number of benzene rings is 2. The Balaban J connectivity index is 0.00000605. The Labute approximate surface area is 480 Å². The number of ketones is 3. The van der Waals surface area contributed by atoms with E-state index in [0.717, 1.165) is 19.3 Å². The maximum Gasteiger partial charge on any atom is 0.202 e. The van der Waals surface area contributed by atoms with Crippen LogP contribution in [0.4, 0.5) is 0 Å². The van der Waals surface area contributed by atoms with Crippen LogP contribution in [0.5, 0.6) is 17.2 Å². The predicted molar refractivity (Wildman–Crippen MR) is 287 cm³/mol. The molecule has 8 bridgehead atoms. The molecule has 6 aliphatic heterocycles. The van der Waals surface area contributed by atoms with E-state index in [9.17, 15) is 39.9 Å². The van der Waals surface area contributed by atoms with Gasteiger partial charge in [0.1, 0.15) is 29.5 Å².